The topological polar surface area (TPSA) is 69.6 Å². The highest BCUT2D eigenvalue weighted by Gasteiger charge is 2.47. The molecule has 1 aliphatic carbocycles. The number of aliphatic carboxylic acids is 1. The summed E-state index contributed by atoms with van der Waals surface area (Å²) in [5, 5.41) is 12.5. The monoisotopic (exact) mass is 266 g/mol. The van der Waals surface area contributed by atoms with Crippen molar-refractivity contribution in [3.8, 4) is 0 Å². The van der Waals surface area contributed by atoms with Gasteiger partial charge in [0.25, 0.3) is 0 Å². The van der Waals surface area contributed by atoms with Crippen molar-refractivity contribution in [2.24, 2.45) is 11.8 Å². The van der Waals surface area contributed by atoms with E-state index in [1.165, 1.54) is 6.42 Å². The number of rotatable bonds is 3. The van der Waals surface area contributed by atoms with Gasteiger partial charge in [0.1, 0.15) is 6.04 Å². The highest BCUT2D eigenvalue weighted by atomic mass is 16.4. The lowest BCUT2D eigenvalue weighted by molar-refractivity contribution is -0.150. The van der Waals surface area contributed by atoms with Gasteiger partial charge in [-0.05, 0) is 44.2 Å². The van der Waals surface area contributed by atoms with Gasteiger partial charge in [0, 0.05) is 12.5 Å². The van der Waals surface area contributed by atoms with Crippen LogP contribution < -0.4 is 5.32 Å². The van der Waals surface area contributed by atoms with E-state index in [0.29, 0.717) is 24.7 Å². The summed E-state index contributed by atoms with van der Waals surface area (Å²) >= 11 is 0. The van der Waals surface area contributed by atoms with E-state index in [0.717, 1.165) is 32.4 Å². The number of hydrogen-bond acceptors (Lipinski definition) is 3. The van der Waals surface area contributed by atoms with Crippen LogP contribution >= 0.6 is 0 Å². The summed E-state index contributed by atoms with van der Waals surface area (Å²) in [6.07, 6.45) is 5.56. The van der Waals surface area contributed by atoms with E-state index in [9.17, 15) is 14.7 Å². The number of carboxylic acid groups (broad SMARTS) is 1. The second kappa shape index (κ2) is 5.12. The van der Waals surface area contributed by atoms with Crippen molar-refractivity contribution in [3.05, 3.63) is 0 Å². The molecule has 2 N–H and O–H groups in total. The third-order valence-corrected chi connectivity index (χ3v) is 4.99. The van der Waals surface area contributed by atoms with Gasteiger partial charge in [-0.15, -0.1) is 0 Å². The molecule has 19 heavy (non-hydrogen) atoms. The minimum absolute atomic E-state index is 0.0632. The van der Waals surface area contributed by atoms with Gasteiger partial charge in [-0.1, -0.05) is 12.8 Å². The maximum Gasteiger partial charge on any atom is 0.326 e. The molecule has 3 aliphatic rings. The van der Waals surface area contributed by atoms with Crippen LogP contribution in [0.1, 0.15) is 38.5 Å². The van der Waals surface area contributed by atoms with E-state index in [-0.39, 0.29) is 11.9 Å². The molecule has 0 bridgehead atoms. The summed E-state index contributed by atoms with van der Waals surface area (Å²) in [6.45, 7) is 1.79. The summed E-state index contributed by atoms with van der Waals surface area (Å²) in [7, 11) is 0. The molecular weight excluding hydrogens is 244 g/mol. The summed E-state index contributed by atoms with van der Waals surface area (Å²) < 4.78 is 0. The van der Waals surface area contributed by atoms with E-state index in [4.69, 9.17) is 0 Å². The average Bonchev–Trinajstić information content (AvgIpc) is 2.73. The predicted molar refractivity (Wildman–Crippen MR) is 69.6 cm³/mol. The number of carboxylic acids is 1. The van der Waals surface area contributed by atoms with Crippen LogP contribution in [-0.4, -0.2) is 47.1 Å². The fraction of sp³-hybridized carbons (Fsp3) is 0.857. The van der Waals surface area contributed by atoms with Crippen molar-refractivity contribution >= 4 is 11.9 Å². The molecule has 1 amide bonds. The van der Waals surface area contributed by atoms with Gasteiger partial charge >= 0.3 is 5.97 Å². The second-order valence-electron chi connectivity index (χ2n) is 6.23. The number of likely N-dealkylation sites (tertiary alicyclic amines) is 1. The quantitative estimate of drug-likeness (QED) is 0.794. The van der Waals surface area contributed by atoms with Crippen LogP contribution in [-0.2, 0) is 9.59 Å². The van der Waals surface area contributed by atoms with Crippen LogP contribution in [0.5, 0.6) is 0 Å². The first-order valence-corrected chi connectivity index (χ1v) is 7.41. The number of carbonyl (C=O) groups excluding carboxylic acids is 1. The Balaban J connectivity index is 1.73. The summed E-state index contributed by atoms with van der Waals surface area (Å²) in [4.78, 5) is 25.6. The molecular formula is C14H22N2O3. The van der Waals surface area contributed by atoms with Crippen LogP contribution in [0.4, 0.5) is 0 Å². The van der Waals surface area contributed by atoms with Crippen LogP contribution in [0.2, 0.25) is 0 Å². The third kappa shape index (κ3) is 2.36. The maximum absolute atomic E-state index is 12.5. The van der Waals surface area contributed by atoms with Crippen LogP contribution in [0.3, 0.4) is 0 Å². The van der Waals surface area contributed by atoms with Crippen LogP contribution in [0, 0.1) is 11.8 Å². The maximum atomic E-state index is 12.5. The van der Waals surface area contributed by atoms with Crippen LogP contribution in [0.25, 0.3) is 0 Å². The van der Waals surface area contributed by atoms with Gasteiger partial charge in [-0.2, -0.15) is 0 Å². The predicted octanol–water partition coefficient (Wildman–Crippen LogP) is 0.840. The molecule has 0 spiro atoms. The Bertz CT molecular complexity index is 381. The first kappa shape index (κ1) is 12.9. The third-order valence-electron chi connectivity index (χ3n) is 4.99. The largest absolute Gasteiger partial charge is 0.480 e. The number of amides is 1. The molecule has 3 unspecified atom stereocenters. The first-order chi connectivity index (χ1) is 9.16. The van der Waals surface area contributed by atoms with Gasteiger partial charge in [-0.3, -0.25) is 4.79 Å². The Kier molecular flexibility index (Phi) is 3.48. The first-order valence-electron chi connectivity index (χ1n) is 7.41. The Hall–Kier alpha value is -1.10. The number of carbonyl (C=O) groups is 2. The Morgan fingerprint density at radius 1 is 1.21 bits per heavy atom. The van der Waals surface area contributed by atoms with E-state index in [1.54, 1.807) is 4.90 Å². The lowest BCUT2D eigenvalue weighted by Gasteiger charge is -2.35. The molecule has 1 saturated carbocycles. The number of hydrogen-bond donors (Lipinski definition) is 2. The van der Waals surface area contributed by atoms with Crippen molar-refractivity contribution in [2.45, 2.75) is 50.6 Å². The average molecular weight is 266 g/mol. The number of fused-ring (bicyclic) bond motifs is 1. The zero-order valence-corrected chi connectivity index (χ0v) is 11.2. The molecule has 106 valence electrons. The Labute approximate surface area is 113 Å². The van der Waals surface area contributed by atoms with E-state index in [2.05, 4.69) is 5.32 Å². The highest BCUT2D eigenvalue weighted by Crippen LogP contribution is 2.40. The lowest BCUT2D eigenvalue weighted by Crippen LogP contribution is -2.50. The fourth-order valence-electron chi connectivity index (χ4n) is 3.88. The molecule has 0 aromatic carbocycles. The summed E-state index contributed by atoms with van der Waals surface area (Å²) in [5.74, 6) is 0.0608. The van der Waals surface area contributed by atoms with E-state index >= 15 is 0 Å². The molecule has 0 aromatic rings. The zero-order chi connectivity index (χ0) is 13.4. The van der Waals surface area contributed by atoms with Crippen molar-refractivity contribution in [3.63, 3.8) is 0 Å². The number of nitrogens with zero attached hydrogens (tertiary/aromatic N) is 1. The van der Waals surface area contributed by atoms with Crippen molar-refractivity contribution < 1.29 is 14.7 Å². The molecule has 3 fully saturated rings. The van der Waals surface area contributed by atoms with Crippen LogP contribution in [0.15, 0.2) is 0 Å². The molecule has 0 radical (unpaired) electrons. The summed E-state index contributed by atoms with van der Waals surface area (Å²) in [6, 6.07) is -0.385. The minimum atomic E-state index is -0.825. The SMILES string of the molecule is O=C(O)C1CC2CCCCC2N1C(=O)CC1CNC1. The summed E-state index contributed by atoms with van der Waals surface area (Å²) in [5.41, 5.74) is 0. The molecule has 0 aromatic heterocycles. The molecule has 5 nitrogen and oxygen atoms in total. The Morgan fingerprint density at radius 2 is 1.95 bits per heavy atom. The second-order valence-corrected chi connectivity index (χ2v) is 6.23. The molecule has 2 aliphatic heterocycles. The normalized spacial score (nSPS) is 34.7. The van der Waals surface area contributed by atoms with Crippen molar-refractivity contribution in [2.75, 3.05) is 13.1 Å². The van der Waals surface area contributed by atoms with Gasteiger partial charge in [0.05, 0.1) is 0 Å². The molecule has 2 saturated heterocycles. The number of nitrogens with one attached hydrogen (secondary N) is 1. The molecule has 3 atom stereocenters. The van der Waals surface area contributed by atoms with Gasteiger partial charge in [0.15, 0.2) is 0 Å². The lowest BCUT2D eigenvalue weighted by atomic mass is 9.84. The molecule has 5 heteroatoms. The highest BCUT2D eigenvalue weighted by molar-refractivity contribution is 5.85. The minimum Gasteiger partial charge on any atom is -0.480 e. The molecule has 2 heterocycles. The van der Waals surface area contributed by atoms with Gasteiger partial charge in [-0.25, -0.2) is 4.79 Å². The standard InChI is InChI=1S/C14H22N2O3/c17-13(5-9-7-15-8-9)16-11-4-2-1-3-10(11)6-12(16)14(18)19/h9-12,15H,1-8H2,(H,18,19). The smallest absolute Gasteiger partial charge is 0.326 e. The Morgan fingerprint density at radius 3 is 2.58 bits per heavy atom. The van der Waals surface area contributed by atoms with E-state index in [1.807, 2.05) is 0 Å². The zero-order valence-electron chi connectivity index (χ0n) is 11.2. The van der Waals surface area contributed by atoms with Crippen molar-refractivity contribution in [1.29, 1.82) is 0 Å². The molecule has 3 rings (SSSR count). The van der Waals surface area contributed by atoms with E-state index < -0.39 is 12.0 Å². The fourth-order valence-corrected chi connectivity index (χ4v) is 3.88. The van der Waals surface area contributed by atoms with Gasteiger partial charge in [0.2, 0.25) is 5.91 Å². The van der Waals surface area contributed by atoms with Gasteiger partial charge < -0.3 is 15.3 Å². The van der Waals surface area contributed by atoms with Crippen molar-refractivity contribution in [1.82, 2.24) is 10.2 Å².